The third kappa shape index (κ3) is 13.2. The number of esters is 1. The fourth-order valence-corrected chi connectivity index (χ4v) is 8.29. The van der Waals surface area contributed by atoms with Crippen LogP contribution in [0.3, 0.4) is 0 Å². The molecule has 1 fully saturated rings. The molecule has 4 rings (SSSR count). The van der Waals surface area contributed by atoms with Gasteiger partial charge in [-0.05, 0) is 62.2 Å². The molecule has 1 aliphatic rings. The zero-order valence-corrected chi connectivity index (χ0v) is 35.3. The van der Waals surface area contributed by atoms with E-state index in [1.54, 1.807) is 12.3 Å². The number of nitrogens with one attached hydrogen (secondary N) is 2. The molecule has 3 aromatic rings. The summed E-state index contributed by atoms with van der Waals surface area (Å²) in [5, 5.41) is 17.8. The van der Waals surface area contributed by atoms with Crippen LogP contribution in [0.25, 0.3) is 0 Å². The minimum atomic E-state index is -0.948. The molecule has 310 valence electrons. The van der Waals surface area contributed by atoms with E-state index in [0.29, 0.717) is 17.8 Å². The Morgan fingerprint density at radius 1 is 0.947 bits per heavy atom. The molecule has 1 saturated heterocycles. The number of thiazole rings is 1. The van der Waals surface area contributed by atoms with Gasteiger partial charge in [0.2, 0.25) is 11.8 Å². The van der Waals surface area contributed by atoms with Crippen molar-refractivity contribution >= 4 is 41.0 Å². The van der Waals surface area contributed by atoms with Crippen molar-refractivity contribution < 1.29 is 33.8 Å². The van der Waals surface area contributed by atoms with Crippen LogP contribution in [0.15, 0.2) is 66.0 Å². The molecule has 0 saturated carbocycles. The van der Waals surface area contributed by atoms with E-state index in [1.807, 2.05) is 100 Å². The van der Waals surface area contributed by atoms with E-state index < -0.39 is 48.0 Å². The van der Waals surface area contributed by atoms with E-state index in [-0.39, 0.29) is 54.8 Å². The molecule has 3 amide bonds. The van der Waals surface area contributed by atoms with Crippen molar-refractivity contribution in [2.24, 2.45) is 17.8 Å². The SMILES string of the molecule is CC[C@@H](C)[C@H](NC(=O)C1CCCCN1C)C(=O)N(Cc1ccccc1)[C@H](C[C@@H](OC(C)=O)c1nc(C(=O)N[C@@H](Cc2ccccc2)C[C@H](C)C(=O)O)cs1)C(C)C. The predicted molar refractivity (Wildman–Crippen MR) is 221 cm³/mol. The molecule has 57 heavy (non-hydrogen) atoms. The van der Waals surface area contributed by atoms with E-state index in [9.17, 15) is 29.1 Å². The normalized spacial score (nSPS) is 17.7. The first-order chi connectivity index (χ1) is 27.2. The summed E-state index contributed by atoms with van der Waals surface area (Å²) in [7, 11) is 1.95. The highest BCUT2D eigenvalue weighted by molar-refractivity contribution is 7.09. The Balaban J connectivity index is 1.64. The van der Waals surface area contributed by atoms with E-state index in [4.69, 9.17) is 4.74 Å². The lowest BCUT2D eigenvalue weighted by Crippen LogP contribution is -2.58. The first-order valence-corrected chi connectivity index (χ1v) is 21.1. The minimum absolute atomic E-state index is 0.105. The fourth-order valence-electron chi connectivity index (χ4n) is 7.45. The van der Waals surface area contributed by atoms with E-state index in [1.165, 1.54) is 18.3 Å². The maximum atomic E-state index is 15.0. The van der Waals surface area contributed by atoms with Gasteiger partial charge in [0.15, 0.2) is 6.10 Å². The molecular weight excluding hydrogens is 743 g/mol. The van der Waals surface area contributed by atoms with Crippen molar-refractivity contribution in [1.29, 1.82) is 0 Å². The first kappa shape index (κ1) is 45.1. The topological polar surface area (TPSA) is 158 Å². The lowest BCUT2D eigenvalue weighted by molar-refractivity contribution is -0.150. The molecule has 0 radical (unpaired) electrons. The largest absolute Gasteiger partial charge is 0.481 e. The number of aromatic nitrogens is 1. The molecule has 1 aromatic heterocycles. The number of benzene rings is 2. The van der Waals surface area contributed by atoms with Gasteiger partial charge in [-0.15, -0.1) is 11.3 Å². The molecule has 7 atom stereocenters. The fraction of sp³-hybridized carbons (Fsp3) is 0.545. The molecule has 1 unspecified atom stereocenters. The quantitative estimate of drug-likeness (QED) is 0.106. The molecule has 0 aliphatic carbocycles. The summed E-state index contributed by atoms with van der Waals surface area (Å²) in [6, 6.07) is 17.2. The van der Waals surface area contributed by atoms with Crippen LogP contribution in [0.5, 0.6) is 0 Å². The molecule has 2 heterocycles. The summed E-state index contributed by atoms with van der Waals surface area (Å²) in [5.74, 6) is -3.25. The Labute approximate surface area is 341 Å². The van der Waals surface area contributed by atoms with Crippen molar-refractivity contribution in [1.82, 2.24) is 25.4 Å². The van der Waals surface area contributed by atoms with Gasteiger partial charge < -0.3 is 25.4 Å². The lowest BCUT2D eigenvalue weighted by atomic mass is 9.91. The second-order valence-electron chi connectivity index (χ2n) is 15.9. The number of carbonyl (C=O) groups excluding carboxylic acids is 4. The summed E-state index contributed by atoms with van der Waals surface area (Å²) in [4.78, 5) is 75.3. The number of nitrogens with zero attached hydrogens (tertiary/aromatic N) is 3. The third-order valence-corrected chi connectivity index (χ3v) is 11.9. The summed E-state index contributed by atoms with van der Waals surface area (Å²) in [6.45, 7) is 12.0. The van der Waals surface area contributed by atoms with Gasteiger partial charge in [-0.2, -0.15) is 0 Å². The van der Waals surface area contributed by atoms with Crippen molar-refractivity contribution in [2.45, 2.75) is 123 Å². The molecule has 12 nitrogen and oxygen atoms in total. The maximum Gasteiger partial charge on any atom is 0.306 e. The number of piperidine rings is 1. The predicted octanol–water partition coefficient (Wildman–Crippen LogP) is 6.66. The van der Waals surface area contributed by atoms with Crippen LogP contribution < -0.4 is 10.6 Å². The van der Waals surface area contributed by atoms with Crippen LogP contribution in [0.2, 0.25) is 0 Å². The average Bonchev–Trinajstić information content (AvgIpc) is 3.68. The molecule has 0 spiro atoms. The van der Waals surface area contributed by atoms with Gasteiger partial charge in [-0.3, -0.25) is 28.9 Å². The van der Waals surface area contributed by atoms with Crippen LogP contribution in [-0.4, -0.2) is 87.3 Å². The monoisotopic (exact) mass is 803 g/mol. The third-order valence-electron chi connectivity index (χ3n) is 11.0. The Kier molecular flexibility index (Phi) is 17.2. The number of likely N-dealkylation sites (tertiary alicyclic amines) is 1. The number of ether oxygens (including phenoxy) is 1. The van der Waals surface area contributed by atoms with Gasteiger partial charge in [0.25, 0.3) is 5.91 Å². The lowest BCUT2D eigenvalue weighted by Gasteiger charge is -2.40. The highest BCUT2D eigenvalue weighted by Crippen LogP contribution is 2.32. The smallest absolute Gasteiger partial charge is 0.306 e. The van der Waals surface area contributed by atoms with Crippen molar-refractivity contribution in [3.05, 3.63) is 87.9 Å². The molecule has 1 aliphatic heterocycles. The molecule has 2 aromatic carbocycles. The first-order valence-electron chi connectivity index (χ1n) is 20.2. The summed E-state index contributed by atoms with van der Waals surface area (Å²) >= 11 is 1.19. The minimum Gasteiger partial charge on any atom is -0.481 e. The summed E-state index contributed by atoms with van der Waals surface area (Å²) < 4.78 is 5.91. The van der Waals surface area contributed by atoms with Crippen LogP contribution in [0, 0.1) is 17.8 Å². The number of rotatable bonds is 20. The van der Waals surface area contributed by atoms with Crippen molar-refractivity contribution in [2.75, 3.05) is 13.6 Å². The number of amides is 3. The molecule has 13 heteroatoms. The van der Waals surface area contributed by atoms with Crippen LogP contribution >= 0.6 is 11.3 Å². The Morgan fingerprint density at radius 2 is 1.60 bits per heavy atom. The number of carboxylic acids is 1. The highest BCUT2D eigenvalue weighted by atomic mass is 32.1. The van der Waals surface area contributed by atoms with Gasteiger partial charge in [0.1, 0.15) is 16.7 Å². The Morgan fingerprint density at radius 3 is 2.18 bits per heavy atom. The number of hydrogen-bond donors (Lipinski definition) is 3. The maximum absolute atomic E-state index is 15.0. The Hall–Kier alpha value is -4.62. The molecule has 0 bridgehead atoms. The van der Waals surface area contributed by atoms with Crippen LogP contribution in [0.4, 0.5) is 0 Å². The number of carbonyl (C=O) groups is 5. The van der Waals surface area contributed by atoms with Crippen LogP contribution in [-0.2, 0) is 36.9 Å². The van der Waals surface area contributed by atoms with Crippen LogP contribution in [0.1, 0.15) is 113 Å². The summed E-state index contributed by atoms with van der Waals surface area (Å²) in [6.07, 6.45) is 3.37. The molecular formula is C44H61N5O7S. The van der Waals surface area contributed by atoms with Crippen molar-refractivity contribution in [3.63, 3.8) is 0 Å². The van der Waals surface area contributed by atoms with Gasteiger partial charge in [-0.25, -0.2) is 4.98 Å². The van der Waals surface area contributed by atoms with Gasteiger partial charge in [-0.1, -0.05) is 108 Å². The summed E-state index contributed by atoms with van der Waals surface area (Å²) in [5.41, 5.74) is 2.00. The highest BCUT2D eigenvalue weighted by Gasteiger charge is 2.39. The van der Waals surface area contributed by atoms with E-state index in [0.717, 1.165) is 36.9 Å². The second kappa shape index (κ2) is 21.8. The zero-order valence-electron chi connectivity index (χ0n) is 34.5. The standard InChI is InChI=1S/C44H61N5O7S/c1-8-29(4)39(47-41(52)36-21-15-16-22-48(36)7)43(53)49(26-33-19-13-10-14-20-33)37(28(2)3)25-38(56-31(6)50)42-46-35(27-57-42)40(51)45-34(23-30(5)44(54)55)24-32-17-11-9-12-18-32/h9-14,17-20,27-30,34,36-39H,8,15-16,21-26H2,1-7H3,(H,45,51)(H,47,52)(H,54,55)/t29-,30+,34-,36?,37-,38-,39+/m1/s1. The van der Waals surface area contributed by atoms with Crippen molar-refractivity contribution in [3.8, 4) is 0 Å². The average molecular weight is 804 g/mol. The molecule has 3 N–H and O–H groups in total. The number of hydrogen-bond acceptors (Lipinski definition) is 9. The van der Waals surface area contributed by atoms with E-state index >= 15 is 0 Å². The van der Waals surface area contributed by atoms with Gasteiger partial charge in [0, 0.05) is 37.4 Å². The number of aliphatic carboxylic acids is 1. The van der Waals surface area contributed by atoms with Gasteiger partial charge in [0.05, 0.1) is 12.0 Å². The second-order valence-corrected chi connectivity index (χ2v) is 16.8. The Bertz CT molecular complexity index is 1770. The van der Waals surface area contributed by atoms with Gasteiger partial charge >= 0.3 is 11.9 Å². The zero-order chi connectivity index (χ0) is 41.6. The number of carboxylic acid groups (broad SMARTS) is 1. The van der Waals surface area contributed by atoms with E-state index in [2.05, 4.69) is 20.5 Å². The number of likely N-dealkylation sites (N-methyl/N-ethyl adjacent to an activating group) is 1.